The standard InChI is InChI=1S/C22H22N6OS/c1-2-19-24-20(17-15-23-28(21(17)25-19)16-7-4-3-5-8-16)26-10-12-27(13-11-26)22(29)18-9-6-14-30-18/h3-9,14-15H,2,10-13H2,1H3. The van der Waals surface area contributed by atoms with Crippen molar-refractivity contribution >= 4 is 34.1 Å². The predicted octanol–water partition coefficient (Wildman–Crippen LogP) is 3.40. The fraction of sp³-hybridized carbons (Fsp3) is 0.273. The summed E-state index contributed by atoms with van der Waals surface area (Å²) in [6, 6.07) is 13.8. The van der Waals surface area contributed by atoms with Crippen molar-refractivity contribution < 1.29 is 4.79 Å². The summed E-state index contributed by atoms with van der Waals surface area (Å²) in [5.41, 5.74) is 1.80. The number of benzene rings is 1. The van der Waals surface area contributed by atoms with Gasteiger partial charge >= 0.3 is 0 Å². The minimum atomic E-state index is 0.114. The Kier molecular flexibility index (Phi) is 4.92. The van der Waals surface area contributed by atoms with Crippen LogP contribution in [0.1, 0.15) is 22.4 Å². The Morgan fingerprint density at radius 3 is 2.53 bits per heavy atom. The highest BCUT2D eigenvalue weighted by Crippen LogP contribution is 2.27. The Bertz CT molecular complexity index is 1160. The fourth-order valence-electron chi connectivity index (χ4n) is 3.77. The zero-order valence-corrected chi connectivity index (χ0v) is 17.5. The molecular formula is C22H22N6OS. The van der Waals surface area contributed by atoms with Gasteiger partial charge in [0.15, 0.2) is 5.65 Å². The van der Waals surface area contributed by atoms with Gasteiger partial charge in [0.25, 0.3) is 5.91 Å². The van der Waals surface area contributed by atoms with E-state index in [9.17, 15) is 4.79 Å². The first kappa shape index (κ1) is 18.7. The maximum Gasteiger partial charge on any atom is 0.264 e. The average Bonchev–Trinajstić information content (AvgIpc) is 3.49. The van der Waals surface area contributed by atoms with Crippen LogP contribution in [0.5, 0.6) is 0 Å². The van der Waals surface area contributed by atoms with E-state index in [0.717, 1.165) is 52.8 Å². The lowest BCUT2D eigenvalue weighted by atomic mass is 10.2. The van der Waals surface area contributed by atoms with Crippen LogP contribution in [0.25, 0.3) is 16.7 Å². The molecule has 0 atom stereocenters. The number of piperazine rings is 1. The molecule has 3 aromatic heterocycles. The van der Waals surface area contributed by atoms with Gasteiger partial charge in [0.2, 0.25) is 0 Å². The number of carbonyl (C=O) groups is 1. The van der Waals surface area contributed by atoms with Crippen LogP contribution in [-0.4, -0.2) is 56.7 Å². The van der Waals surface area contributed by atoms with Gasteiger partial charge in [-0.1, -0.05) is 31.2 Å². The molecule has 8 heteroatoms. The molecule has 0 bridgehead atoms. The van der Waals surface area contributed by atoms with Gasteiger partial charge in [-0.15, -0.1) is 11.3 Å². The summed E-state index contributed by atoms with van der Waals surface area (Å²) in [4.78, 5) is 27.2. The maximum atomic E-state index is 12.7. The first-order valence-corrected chi connectivity index (χ1v) is 11.0. The van der Waals surface area contributed by atoms with E-state index in [-0.39, 0.29) is 5.91 Å². The molecule has 0 spiro atoms. The summed E-state index contributed by atoms with van der Waals surface area (Å²) in [5, 5.41) is 7.48. The second-order valence-corrected chi connectivity index (χ2v) is 8.15. The molecule has 5 rings (SSSR count). The van der Waals surface area contributed by atoms with Gasteiger partial charge in [0.05, 0.1) is 22.1 Å². The van der Waals surface area contributed by atoms with Crippen LogP contribution in [-0.2, 0) is 6.42 Å². The molecule has 30 heavy (non-hydrogen) atoms. The quantitative estimate of drug-likeness (QED) is 0.508. The third-order valence-electron chi connectivity index (χ3n) is 5.37. The molecule has 1 aliphatic rings. The summed E-state index contributed by atoms with van der Waals surface area (Å²) in [5.74, 6) is 1.82. The lowest BCUT2D eigenvalue weighted by Gasteiger charge is -2.35. The van der Waals surface area contributed by atoms with Crippen LogP contribution >= 0.6 is 11.3 Å². The molecule has 0 saturated carbocycles. The highest BCUT2D eigenvalue weighted by Gasteiger charge is 2.25. The third-order valence-corrected chi connectivity index (χ3v) is 6.23. The van der Waals surface area contributed by atoms with E-state index in [2.05, 4.69) is 16.9 Å². The van der Waals surface area contributed by atoms with Crippen LogP contribution in [0.4, 0.5) is 5.82 Å². The van der Waals surface area contributed by atoms with Gasteiger partial charge < -0.3 is 9.80 Å². The first-order chi connectivity index (χ1) is 14.7. The molecule has 4 heterocycles. The third kappa shape index (κ3) is 3.33. The molecule has 7 nitrogen and oxygen atoms in total. The molecule has 1 fully saturated rings. The van der Waals surface area contributed by atoms with Crippen LogP contribution in [0.15, 0.2) is 54.0 Å². The Labute approximate surface area is 178 Å². The smallest absolute Gasteiger partial charge is 0.264 e. The minimum absolute atomic E-state index is 0.114. The monoisotopic (exact) mass is 418 g/mol. The van der Waals surface area contributed by atoms with Crippen LogP contribution in [0.3, 0.4) is 0 Å². The number of aryl methyl sites for hydroxylation is 1. The normalized spacial score (nSPS) is 14.4. The highest BCUT2D eigenvalue weighted by atomic mass is 32.1. The van der Waals surface area contributed by atoms with Gasteiger partial charge in [0, 0.05) is 32.6 Å². The van der Waals surface area contributed by atoms with E-state index in [1.165, 1.54) is 11.3 Å². The van der Waals surface area contributed by atoms with Crippen molar-refractivity contribution in [3.8, 4) is 5.69 Å². The first-order valence-electron chi connectivity index (χ1n) is 10.1. The van der Waals surface area contributed by atoms with Crippen LogP contribution < -0.4 is 4.90 Å². The number of rotatable bonds is 4. The minimum Gasteiger partial charge on any atom is -0.352 e. The molecule has 0 N–H and O–H groups in total. The number of thiophene rings is 1. The van der Waals surface area contributed by atoms with Crippen molar-refractivity contribution in [2.24, 2.45) is 0 Å². The molecule has 4 aromatic rings. The van der Waals surface area contributed by atoms with E-state index >= 15 is 0 Å². The van der Waals surface area contributed by atoms with Gasteiger partial charge in [-0.05, 0) is 23.6 Å². The number of anilines is 1. The number of amides is 1. The summed E-state index contributed by atoms with van der Waals surface area (Å²) in [6.07, 6.45) is 2.60. The molecule has 152 valence electrons. The van der Waals surface area contributed by atoms with E-state index in [1.807, 2.05) is 63.6 Å². The van der Waals surface area contributed by atoms with Crippen molar-refractivity contribution in [1.29, 1.82) is 0 Å². The Balaban J connectivity index is 1.45. The fourth-order valence-corrected chi connectivity index (χ4v) is 4.46. The topological polar surface area (TPSA) is 67.2 Å². The predicted molar refractivity (Wildman–Crippen MR) is 118 cm³/mol. The largest absolute Gasteiger partial charge is 0.352 e. The van der Waals surface area contributed by atoms with E-state index in [0.29, 0.717) is 13.1 Å². The molecule has 1 aromatic carbocycles. The Morgan fingerprint density at radius 2 is 1.83 bits per heavy atom. The summed E-state index contributed by atoms with van der Waals surface area (Å²) >= 11 is 1.49. The van der Waals surface area contributed by atoms with Crippen molar-refractivity contribution in [2.75, 3.05) is 31.1 Å². The Morgan fingerprint density at radius 1 is 1.03 bits per heavy atom. The van der Waals surface area contributed by atoms with Crippen molar-refractivity contribution in [1.82, 2.24) is 24.6 Å². The van der Waals surface area contributed by atoms with Crippen molar-refractivity contribution in [2.45, 2.75) is 13.3 Å². The van der Waals surface area contributed by atoms with Gasteiger partial charge in [-0.3, -0.25) is 4.79 Å². The molecule has 1 amide bonds. The lowest BCUT2D eigenvalue weighted by molar-refractivity contribution is 0.0751. The lowest BCUT2D eigenvalue weighted by Crippen LogP contribution is -2.49. The average molecular weight is 419 g/mol. The zero-order valence-electron chi connectivity index (χ0n) is 16.7. The van der Waals surface area contributed by atoms with Gasteiger partial charge in [-0.2, -0.15) is 5.10 Å². The van der Waals surface area contributed by atoms with Crippen molar-refractivity contribution in [3.05, 3.63) is 64.7 Å². The number of hydrogen-bond acceptors (Lipinski definition) is 6. The van der Waals surface area contributed by atoms with Crippen molar-refractivity contribution in [3.63, 3.8) is 0 Å². The van der Waals surface area contributed by atoms with E-state index in [1.54, 1.807) is 0 Å². The number of aromatic nitrogens is 4. The molecular weight excluding hydrogens is 396 g/mol. The zero-order chi connectivity index (χ0) is 20.5. The molecule has 0 aliphatic carbocycles. The molecule has 1 aliphatic heterocycles. The Hall–Kier alpha value is -3.26. The summed E-state index contributed by atoms with van der Waals surface area (Å²) < 4.78 is 1.87. The summed E-state index contributed by atoms with van der Waals surface area (Å²) in [6.45, 7) is 4.89. The number of carbonyl (C=O) groups excluding carboxylic acids is 1. The SMILES string of the molecule is CCc1nc(N2CCN(C(=O)c3cccs3)CC2)c2cnn(-c3ccccc3)c2n1. The van der Waals surface area contributed by atoms with E-state index in [4.69, 9.17) is 9.97 Å². The second-order valence-electron chi connectivity index (χ2n) is 7.20. The highest BCUT2D eigenvalue weighted by molar-refractivity contribution is 7.12. The summed E-state index contributed by atoms with van der Waals surface area (Å²) in [7, 11) is 0. The molecule has 1 saturated heterocycles. The van der Waals surface area contributed by atoms with Gasteiger partial charge in [-0.25, -0.2) is 14.6 Å². The van der Waals surface area contributed by atoms with Gasteiger partial charge in [0.1, 0.15) is 11.6 Å². The number of hydrogen-bond donors (Lipinski definition) is 0. The van der Waals surface area contributed by atoms with E-state index < -0.39 is 0 Å². The molecule has 0 radical (unpaired) electrons. The maximum absolute atomic E-state index is 12.7. The number of para-hydroxylation sites is 1. The number of fused-ring (bicyclic) bond motifs is 1. The second kappa shape index (κ2) is 7.87. The molecule has 0 unspecified atom stereocenters. The number of nitrogens with zero attached hydrogens (tertiary/aromatic N) is 6. The van der Waals surface area contributed by atoms with Crippen LogP contribution in [0, 0.1) is 0 Å². The van der Waals surface area contributed by atoms with Crippen LogP contribution in [0.2, 0.25) is 0 Å².